The fourth-order valence-corrected chi connectivity index (χ4v) is 3.42. The van der Waals surface area contributed by atoms with E-state index in [4.69, 9.17) is 0 Å². The average molecular weight is 315 g/mol. The summed E-state index contributed by atoms with van der Waals surface area (Å²) >= 11 is 1.65. The lowest BCUT2D eigenvalue weighted by Gasteiger charge is -2.36. The minimum Gasteiger partial charge on any atom is -0.368 e. The van der Waals surface area contributed by atoms with Crippen LogP contribution in [0.25, 0.3) is 0 Å². The zero-order chi connectivity index (χ0) is 15.4. The summed E-state index contributed by atoms with van der Waals surface area (Å²) in [6.07, 6.45) is 1.32. The number of anilines is 1. The predicted octanol–water partition coefficient (Wildman–Crippen LogP) is 2.73. The molecule has 4 nitrogen and oxygen atoms in total. The highest BCUT2D eigenvalue weighted by molar-refractivity contribution is 7.09. The summed E-state index contributed by atoms with van der Waals surface area (Å²) in [5.74, 6) is 0.248. The Morgan fingerprint density at radius 2 is 1.91 bits per heavy atom. The third-order valence-corrected chi connectivity index (χ3v) is 4.84. The first-order valence-corrected chi connectivity index (χ1v) is 8.59. The Morgan fingerprint density at radius 3 is 2.55 bits per heavy atom. The first-order valence-electron chi connectivity index (χ1n) is 7.71. The molecule has 5 heteroatoms. The van der Waals surface area contributed by atoms with Crippen molar-refractivity contribution in [3.63, 3.8) is 0 Å². The Labute approximate surface area is 135 Å². The quantitative estimate of drug-likeness (QED) is 0.870. The molecule has 0 atom stereocenters. The first-order chi connectivity index (χ1) is 10.7. The Bertz CT molecular complexity index is 618. The Morgan fingerprint density at radius 1 is 1.18 bits per heavy atom. The number of hydrogen-bond acceptors (Lipinski definition) is 4. The number of hydrogen-bond donors (Lipinski definition) is 0. The zero-order valence-corrected chi connectivity index (χ0v) is 13.7. The molecule has 0 N–H and O–H groups in total. The van der Waals surface area contributed by atoms with Crippen LogP contribution in [0.3, 0.4) is 0 Å². The highest BCUT2D eigenvalue weighted by Gasteiger charge is 2.21. The van der Waals surface area contributed by atoms with Crippen molar-refractivity contribution in [2.24, 2.45) is 0 Å². The summed E-state index contributed by atoms with van der Waals surface area (Å²) in [7, 11) is 0. The van der Waals surface area contributed by atoms with Crippen molar-refractivity contribution in [3.05, 3.63) is 46.4 Å². The minimum absolute atomic E-state index is 0.248. The second-order valence-electron chi connectivity index (χ2n) is 5.56. The molecule has 1 aliphatic rings. The molecule has 0 bridgehead atoms. The Hall–Kier alpha value is -1.88. The van der Waals surface area contributed by atoms with Crippen molar-refractivity contribution in [2.45, 2.75) is 19.8 Å². The van der Waals surface area contributed by atoms with Crippen molar-refractivity contribution in [1.82, 2.24) is 9.88 Å². The van der Waals surface area contributed by atoms with Gasteiger partial charge in [-0.15, -0.1) is 11.3 Å². The van der Waals surface area contributed by atoms with Gasteiger partial charge in [-0.25, -0.2) is 4.98 Å². The molecule has 1 aromatic carbocycles. The lowest BCUT2D eigenvalue weighted by molar-refractivity contribution is -0.131. The number of thiazole rings is 1. The smallest absolute Gasteiger partial charge is 0.223 e. The van der Waals surface area contributed by atoms with E-state index in [0.29, 0.717) is 6.42 Å². The van der Waals surface area contributed by atoms with Gasteiger partial charge in [0.2, 0.25) is 5.91 Å². The lowest BCUT2D eigenvalue weighted by Crippen LogP contribution is -2.48. The first kappa shape index (κ1) is 15.0. The molecule has 22 heavy (non-hydrogen) atoms. The fraction of sp³-hybridized carbons (Fsp3) is 0.412. The third kappa shape index (κ3) is 3.65. The zero-order valence-electron chi connectivity index (χ0n) is 12.9. The molecule has 1 amide bonds. The number of aryl methyl sites for hydroxylation is 2. The summed E-state index contributed by atoms with van der Waals surface area (Å²) in [5.41, 5.74) is 2.28. The number of aromatic nitrogens is 1. The van der Waals surface area contributed by atoms with Crippen LogP contribution in [-0.2, 0) is 11.2 Å². The van der Waals surface area contributed by atoms with Crippen molar-refractivity contribution >= 4 is 22.9 Å². The van der Waals surface area contributed by atoms with Crippen LogP contribution < -0.4 is 4.90 Å². The number of nitrogens with zero attached hydrogens (tertiary/aromatic N) is 3. The topological polar surface area (TPSA) is 36.4 Å². The maximum absolute atomic E-state index is 12.3. The largest absolute Gasteiger partial charge is 0.368 e. The average Bonchev–Trinajstić information content (AvgIpc) is 2.99. The van der Waals surface area contributed by atoms with Crippen LogP contribution in [0, 0.1) is 6.92 Å². The summed E-state index contributed by atoms with van der Waals surface area (Å²) in [6, 6.07) is 10.4. The van der Waals surface area contributed by atoms with Gasteiger partial charge in [-0.2, -0.15) is 0 Å². The van der Waals surface area contributed by atoms with E-state index in [-0.39, 0.29) is 5.91 Å². The van der Waals surface area contributed by atoms with E-state index >= 15 is 0 Å². The minimum atomic E-state index is 0.248. The molecule has 1 aliphatic heterocycles. The van der Waals surface area contributed by atoms with Crippen molar-refractivity contribution in [2.75, 3.05) is 31.1 Å². The van der Waals surface area contributed by atoms with Gasteiger partial charge in [-0.1, -0.05) is 18.2 Å². The number of carbonyl (C=O) groups excluding carboxylic acids is 1. The van der Waals surface area contributed by atoms with Gasteiger partial charge >= 0.3 is 0 Å². The van der Waals surface area contributed by atoms with Gasteiger partial charge in [-0.05, 0) is 25.5 Å². The lowest BCUT2D eigenvalue weighted by atomic mass is 10.2. The molecule has 1 aromatic heterocycles. The van der Waals surface area contributed by atoms with E-state index in [1.807, 2.05) is 17.9 Å². The Balaban J connectivity index is 1.47. The molecule has 3 rings (SSSR count). The van der Waals surface area contributed by atoms with Crippen LogP contribution in [0.4, 0.5) is 5.69 Å². The van der Waals surface area contributed by atoms with E-state index in [1.54, 1.807) is 11.3 Å². The standard InChI is InChI=1S/C17H21N3OS/c1-14-18-15(13-22-14)7-8-17(21)20-11-9-19(10-12-20)16-5-3-2-4-6-16/h2-6,13H,7-12H2,1H3. The number of piperazine rings is 1. The number of rotatable bonds is 4. The van der Waals surface area contributed by atoms with E-state index in [2.05, 4.69) is 39.5 Å². The molecule has 0 saturated carbocycles. The molecule has 0 radical (unpaired) electrons. The second-order valence-corrected chi connectivity index (χ2v) is 6.62. The molecule has 1 saturated heterocycles. The van der Waals surface area contributed by atoms with Gasteiger partial charge in [0, 0.05) is 43.7 Å². The maximum Gasteiger partial charge on any atom is 0.223 e. The molecular formula is C17H21N3OS. The van der Waals surface area contributed by atoms with Gasteiger partial charge in [0.05, 0.1) is 10.7 Å². The van der Waals surface area contributed by atoms with Crippen molar-refractivity contribution < 1.29 is 4.79 Å². The predicted molar refractivity (Wildman–Crippen MR) is 90.4 cm³/mol. The normalized spacial score (nSPS) is 15.1. The number of amides is 1. The summed E-state index contributed by atoms with van der Waals surface area (Å²) in [5, 5.41) is 3.12. The van der Waals surface area contributed by atoms with Crippen LogP contribution in [-0.4, -0.2) is 42.0 Å². The van der Waals surface area contributed by atoms with Gasteiger partial charge < -0.3 is 9.80 Å². The maximum atomic E-state index is 12.3. The van der Waals surface area contributed by atoms with E-state index in [9.17, 15) is 4.79 Å². The van der Waals surface area contributed by atoms with E-state index < -0.39 is 0 Å². The van der Waals surface area contributed by atoms with Crippen LogP contribution in [0.15, 0.2) is 35.7 Å². The molecule has 2 heterocycles. The molecule has 1 fully saturated rings. The van der Waals surface area contributed by atoms with Gasteiger partial charge in [-0.3, -0.25) is 4.79 Å². The third-order valence-electron chi connectivity index (χ3n) is 4.02. The van der Waals surface area contributed by atoms with Gasteiger partial charge in [0.1, 0.15) is 0 Å². The number of carbonyl (C=O) groups is 1. The summed E-state index contributed by atoms with van der Waals surface area (Å²) in [4.78, 5) is 21.0. The van der Waals surface area contributed by atoms with Crippen molar-refractivity contribution in [1.29, 1.82) is 0 Å². The highest BCUT2D eigenvalue weighted by atomic mass is 32.1. The van der Waals surface area contributed by atoms with Crippen LogP contribution in [0.1, 0.15) is 17.1 Å². The monoisotopic (exact) mass is 315 g/mol. The molecular weight excluding hydrogens is 294 g/mol. The number of benzene rings is 1. The SMILES string of the molecule is Cc1nc(CCC(=O)N2CCN(c3ccccc3)CC2)cs1. The van der Waals surface area contributed by atoms with Crippen LogP contribution in [0.2, 0.25) is 0 Å². The molecule has 2 aromatic rings. The molecule has 0 unspecified atom stereocenters. The van der Waals surface area contributed by atoms with Gasteiger partial charge in [0.25, 0.3) is 0 Å². The van der Waals surface area contributed by atoms with Crippen molar-refractivity contribution in [3.8, 4) is 0 Å². The van der Waals surface area contributed by atoms with Crippen LogP contribution >= 0.6 is 11.3 Å². The summed E-state index contributed by atoms with van der Waals surface area (Å²) < 4.78 is 0. The van der Waals surface area contributed by atoms with E-state index in [1.165, 1.54) is 5.69 Å². The van der Waals surface area contributed by atoms with Gasteiger partial charge in [0.15, 0.2) is 0 Å². The molecule has 0 aliphatic carbocycles. The summed E-state index contributed by atoms with van der Waals surface area (Å²) in [6.45, 7) is 5.43. The Kier molecular flexibility index (Phi) is 4.73. The molecule has 116 valence electrons. The fourth-order valence-electron chi connectivity index (χ4n) is 2.77. The van der Waals surface area contributed by atoms with Crippen LogP contribution in [0.5, 0.6) is 0 Å². The number of para-hydroxylation sites is 1. The highest BCUT2D eigenvalue weighted by Crippen LogP contribution is 2.16. The second kappa shape index (κ2) is 6.92. The van der Waals surface area contributed by atoms with E-state index in [0.717, 1.165) is 43.3 Å². The molecule has 0 spiro atoms.